The lowest BCUT2D eigenvalue weighted by Crippen LogP contribution is -2.57. The van der Waals surface area contributed by atoms with Crippen molar-refractivity contribution in [2.75, 3.05) is 31.1 Å². The molecule has 0 aromatic heterocycles. The summed E-state index contributed by atoms with van der Waals surface area (Å²) in [4.78, 5) is 4.05. The van der Waals surface area contributed by atoms with E-state index in [2.05, 4.69) is 4.90 Å². The van der Waals surface area contributed by atoms with Gasteiger partial charge in [0.25, 0.3) is 0 Å². The lowest BCUT2D eigenvalue weighted by molar-refractivity contribution is -0.137. The van der Waals surface area contributed by atoms with Crippen molar-refractivity contribution in [3.63, 3.8) is 0 Å². The molecule has 0 aliphatic carbocycles. The zero-order valence-electron chi connectivity index (χ0n) is 13.1. The molecule has 1 aromatic rings. The maximum Gasteiger partial charge on any atom is 0.417 e. The molecule has 1 fully saturated rings. The predicted molar refractivity (Wildman–Crippen MR) is 81.1 cm³/mol. The Labute approximate surface area is 133 Å². The molecule has 7 heteroatoms. The molecule has 1 aliphatic heterocycles. The second-order valence-corrected chi connectivity index (χ2v) is 5.91. The second kappa shape index (κ2) is 6.77. The standard InChI is InChI=1S/C16H20F3N3O/c1-11-10-22(12(2)9-21(11)5-6-23)14-4-3-13(8-20)15(7-14)16(17,18)19/h3-4,7,11-12,23H,5-6,9-10H2,1-2H3/t11-,12+/m1/s1. The minimum atomic E-state index is -4.55. The first-order chi connectivity index (χ1) is 10.8. The van der Waals surface area contributed by atoms with Gasteiger partial charge in [-0.3, -0.25) is 4.90 Å². The van der Waals surface area contributed by atoms with E-state index < -0.39 is 11.7 Å². The number of hydrogen-bond donors (Lipinski definition) is 1. The van der Waals surface area contributed by atoms with Gasteiger partial charge in [0.1, 0.15) is 0 Å². The molecule has 1 saturated heterocycles. The Kier molecular flexibility index (Phi) is 5.17. The first-order valence-corrected chi connectivity index (χ1v) is 7.50. The molecule has 0 radical (unpaired) electrons. The van der Waals surface area contributed by atoms with Gasteiger partial charge in [-0.15, -0.1) is 0 Å². The number of nitrogens with zero attached hydrogens (tertiary/aromatic N) is 3. The molecule has 1 aliphatic rings. The van der Waals surface area contributed by atoms with E-state index >= 15 is 0 Å². The highest BCUT2D eigenvalue weighted by molar-refractivity contribution is 5.55. The number of nitriles is 1. The van der Waals surface area contributed by atoms with Crippen LogP contribution in [-0.2, 0) is 6.18 Å². The topological polar surface area (TPSA) is 50.5 Å². The lowest BCUT2D eigenvalue weighted by Gasteiger charge is -2.45. The van der Waals surface area contributed by atoms with Crippen LogP contribution in [0.5, 0.6) is 0 Å². The first-order valence-electron chi connectivity index (χ1n) is 7.50. The average molecular weight is 327 g/mol. The highest BCUT2D eigenvalue weighted by Gasteiger charge is 2.35. The van der Waals surface area contributed by atoms with Gasteiger partial charge in [0.05, 0.1) is 23.8 Å². The van der Waals surface area contributed by atoms with Crippen LogP contribution in [0.2, 0.25) is 0 Å². The van der Waals surface area contributed by atoms with Crippen molar-refractivity contribution < 1.29 is 18.3 Å². The highest BCUT2D eigenvalue weighted by Crippen LogP contribution is 2.35. The van der Waals surface area contributed by atoms with Crippen LogP contribution in [0.1, 0.15) is 25.0 Å². The fourth-order valence-corrected chi connectivity index (χ4v) is 3.04. The quantitative estimate of drug-likeness (QED) is 0.927. The maximum atomic E-state index is 13.1. The van der Waals surface area contributed by atoms with Crippen molar-refractivity contribution in [3.05, 3.63) is 29.3 Å². The molecular weight excluding hydrogens is 307 g/mol. The van der Waals surface area contributed by atoms with Crippen LogP contribution in [0.4, 0.5) is 18.9 Å². The first kappa shape index (κ1) is 17.6. The molecule has 2 rings (SSSR count). The molecule has 1 aromatic carbocycles. The lowest BCUT2D eigenvalue weighted by atomic mass is 10.0. The van der Waals surface area contributed by atoms with E-state index in [1.165, 1.54) is 6.07 Å². The molecule has 0 saturated carbocycles. The molecule has 0 unspecified atom stereocenters. The van der Waals surface area contributed by atoms with E-state index in [1.54, 1.807) is 12.1 Å². The van der Waals surface area contributed by atoms with Gasteiger partial charge in [-0.2, -0.15) is 18.4 Å². The van der Waals surface area contributed by atoms with Crippen molar-refractivity contribution in [1.82, 2.24) is 4.90 Å². The second-order valence-electron chi connectivity index (χ2n) is 5.91. The Hall–Kier alpha value is -1.78. The summed E-state index contributed by atoms with van der Waals surface area (Å²) in [5, 5.41) is 18.0. The fourth-order valence-electron chi connectivity index (χ4n) is 3.04. The van der Waals surface area contributed by atoms with Crippen LogP contribution in [0, 0.1) is 11.3 Å². The number of aliphatic hydroxyl groups excluding tert-OH is 1. The number of piperazine rings is 1. The zero-order valence-corrected chi connectivity index (χ0v) is 13.1. The van der Waals surface area contributed by atoms with Gasteiger partial charge in [-0.1, -0.05) is 0 Å². The Balaban J connectivity index is 2.31. The Bertz CT molecular complexity index is 597. The third-order valence-electron chi connectivity index (χ3n) is 4.26. The number of rotatable bonds is 3. The van der Waals surface area contributed by atoms with E-state index in [0.29, 0.717) is 25.3 Å². The van der Waals surface area contributed by atoms with Crippen LogP contribution in [-0.4, -0.2) is 48.3 Å². The maximum absolute atomic E-state index is 13.1. The normalized spacial score (nSPS) is 22.9. The van der Waals surface area contributed by atoms with Gasteiger partial charge in [0.15, 0.2) is 0 Å². The number of aliphatic hydroxyl groups is 1. The largest absolute Gasteiger partial charge is 0.417 e. The van der Waals surface area contributed by atoms with Gasteiger partial charge in [0.2, 0.25) is 0 Å². The summed E-state index contributed by atoms with van der Waals surface area (Å²) in [6.07, 6.45) is -4.55. The summed E-state index contributed by atoms with van der Waals surface area (Å²) in [6, 6.07) is 5.61. The van der Waals surface area contributed by atoms with E-state index in [0.717, 1.165) is 6.07 Å². The van der Waals surface area contributed by atoms with Gasteiger partial charge >= 0.3 is 6.18 Å². The van der Waals surface area contributed by atoms with E-state index in [-0.39, 0.29) is 24.3 Å². The highest BCUT2D eigenvalue weighted by atomic mass is 19.4. The molecule has 0 spiro atoms. The number of hydrogen-bond acceptors (Lipinski definition) is 4. The molecule has 4 nitrogen and oxygen atoms in total. The molecular formula is C16H20F3N3O. The van der Waals surface area contributed by atoms with Crippen LogP contribution in [0.15, 0.2) is 18.2 Å². The average Bonchev–Trinajstić information content (AvgIpc) is 2.49. The SMILES string of the molecule is C[C@@H]1CN(c2ccc(C#N)c(C(F)(F)F)c2)[C@@H](C)CN1CCO. The number of benzene rings is 1. The third kappa shape index (κ3) is 3.77. The van der Waals surface area contributed by atoms with Crippen LogP contribution >= 0.6 is 0 Å². The van der Waals surface area contributed by atoms with Crippen molar-refractivity contribution >= 4 is 5.69 Å². The summed E-state index contributed by atoms with van der Waals surface area (Å²) in [5.74, 6) is 0. The molecule has 1 N–H and O–H groups in total. The van der Waals surface area contributed by atoms with Crippen molar-refractivity contribution in [2.45, 2.75) is 32.1 Å². The summed E-state index contributed by atoms with van der Waals surface area (Å²) in [7, 11) is 0. The number of β-amino-alcohol motifs (C(OH)–C–C–N with tert-alkyl or cyclic N) is 1. The van der Waals surface area contributed by atoms with Crippen molar-refractivity contribution in [2.24, 2.45) is 0 Å². The molecule has 2 atom stereocenters. The monoisotopic (exact) mass is 327 g/mol. The summed E-state index contributed by atoms with van der Waals surface area (Å²) in [5.41, 5.74) is -0.782. The summed E-state index contributed by atoms with van der Waals surface area (Å²) < 4.78 is 39.3. The van der Waals surface area contributed by atoms with E-state index in [4.69, 9.17) is 10.4 Å². The van der Waals surface area contributed by atoms with Crippen LogP contribution in [0.25, 0.3) is 0 Å². The molecule has 0 amide bonds. The molecule has 23 heavy (non-hydrogen) atoms. The third-order valence-corrected chi connectivity index (χ3v) is 4.26. The summed E-state index contributed by atoms with van der Waals surface area (Å²) in [6.45, 7) is 5.80. The fraction of sp³-hybridized carbons (Fsp3) is 0.562. The number of halogens is 3. The summed E-state index contributed by atoms with van der Waals surface area (Å²) >= 11 is 0. The van der Waals surface area contributed by atoms with Gasteiger partial charge in [-0.25, -0.2) is 0 Å². The molecule has 126 valence electrons. The smallest absolute Gasteiger partial charge is 0.395 e. The van der Waals surface area contributed by atoms with Gasteiger partial charge in [-0.05, 0) is 32.0 Å². The number of anilines is 1. The Morgan fingerprint density at radius 1 is 1.26 bits per heavy atom. The van der Waals surface area contributed by atoms with Crippen molar-refractivity contribution in [3.8, 4) is 6.07 Å². The molecule has 1 heterocycles. The van der Waals surface area contributed by atoms with Gasteiger partial charge < -0.3 is 10.0 Å². The zero-order chi connectivity index (χ0) is 17.2. The van der Waals surface area contributed by atoms with Crippen LogP contribution < -0.4 is 4.90 Å². The van der Waals surface area contributed by atoms with Crippen molar-refractivity contribution in [1.29, 1.82) is 5.26 Å². The van der Waals surface area contributed by atoms with E-state index in [9.17, 15) is 13.2 Å². The number of alkyl halides is 3. The predicted octanol–water partition coefficient (Wildman–Crippen LogP) is 2.47. The van der Waals surface area contributed by atoms with Gasteiger partial charge in [0, 0.05) is 37.4 Å². The van der Waals surface area contributed by atoms with Crippen LogP contribution in [0.3, 0.4) is 0 Å². The van der Waals surface area contributed by atoms with E-state index in [1.807, 2.05) is 18.7 Å². The Morgan fingerprint density at radius 2 is 1.96 bits per heavy atom. The Morgan fingerprint density at radius 3 is 2.52 bits per heavy atom. The minimum Gasteiger partial charge on any atom is -0.395 e. The molecule has 0 bridgehead atoms. The minimum absolute atomic E-state index is 0.0202.